The zero-order valence-corrected chi connectivity index (χ0v) is 9.44. The third-order valence-electron chi connectivity index (χ3n) is 1.85. The fraction of sp³-hybridized carbons (Fsp3) is 0.111. The van der Waals surface area contributed by atoms with Gasteiger partial charge in [-0.1, -0.05) is 22.0 Å². The second kappa shape index (κ2) is 3.23. The molecule has 0 aliphatic carbocycles. The fourth-order valence-corrected chi connectivity index (χ4v) is 2.01. The first kappa shape index (κ1) is 8.32. The van der Waals surface area contributed by atoms with E-state index in [1.54, 1.807) is 0 Å². The van der Waals surface area contributed by atoms with Crippen LogP contribution in [0.1, 0.15) is 5.56 Å². The molecule has 0 atom stereocenters. The number of benzene rings is 1. The van der Waals surface area contributed by atoms with Gasteiger partial charge in [0.15, 0.2) is 0 Å². The Balaban J connectivity index is 2.71. The van der Waals surface area contributed by atoms with Gasteiger partial charge in [-0.3, -0.25) is 0 Å². The van der Waals surface area contributed by atoms with Crippen LogP contribution < -0.4 is 0 Å². The molecule has 1 heterocycles. The molecule has 2 aromatic rings. The highest BCUT2D eigenvalue weighted by Gasteiger charge is 2.00. The van der Waals surface area contributed by atoms with Gasteiger partial charge in [0.25, 0.3) is 0 Å². The van der Waals surface area contributed by atoms with E-state index in [0.29, 0.717) is 0 Å². The molecule has 0 bridgehead atoms. The first-order chi connectivity index (χ1) is 5.81. The molecule has 2 rings (SSSR count). The maximum atomic E-state index is 3.48. The van der Waals surface area contributed by atoms with E-state index in [1.807, 2.05) is 6.20 Å². The quantitative estimate of drug-likeness (QED) is 0.768. The average molecular weight is 289 g/mol. The van der Waals surface area contributed by atoms with Crippen LogP contribution in [-0.2, 0) is 5.33 Å². The van der Waals surface area contributed by atoms with Gasteiger partial charge >= 0.3 is 0 Å². The molecule has 0 unspecified atom stereocenters. The van der Waals surface area contributed by atoms with E-state index in [2.05, 4.69) is 55.0 Å². The molecule has 1 aromatic heterocycles. The Morgan fingerprint density at radius 3 is 2.92 bits per heavy atom. The second-order valence-electron chi connectivity index (χ2n) is 2.65. The molecule has 3 heteroatoms. The van der Waals surface area contributed by atoms with Crippen LogP contribution in [0, 0.1) is 0 Å². The first-order valence-electron chi connectivity index (χ1n) is 3.63. The summed E-state index contributed by atoms with van der Waals surface area (Å²) in [5.74, 6) is 0. The van der Waals surface area contributed by atoms with Crippen molar-refractivity contribution in [3.8, 4) is 0 Å². The number of nitrogens with one attached hydrogen (secondary N) is 1. The van der Waals surface area contributed by atoms with Crippen LogP contribution in [0.25, 0.3) is 10.9 Å². The van der Waals surface area contributed by atoms with Crippen molar-refractivity contribution in [2.24, 2.45) is 0 Å². The lowest BCUT2D eigenvalue weighted by Gasteiger charge is -1.95. The highest BCUT2D eigenvalue weighted by molar-refractivity contribution is 9.10. The molecule has 1 nitrogen and oxygen atoms in total. The predicted octanol–water partition coefficient (Wildman–Crippen LogP) is 3.83. The molecule has 0 spiro atoms. The van der Waals surface area contributed by atoms with Gasteiger partial charge < -0.3 is 4.98 Å². The van der Waals surface area contributed by atoms with E-state index < -0.39 is 0 Å². The van der Waals surface area contributed by atoms with Gasteiger partial charge in [0.2, 0.25) is 0 Å². The van der Waals surface area contributed by atoms with Crippen molar-refractivity contribution in [3.05, 3.63) is 34.4 Å². The van der Waals surface area contributed by atoms with E-state index in [0.717, 1.165) is 9.80 Å². The van der Waals surface area contributed by atoms with Crippen LogP contribution >= 0.6 is 31.9 Å². The minimum absolute atomic E-state index is 0.903. The van der Waals surface area contributed by atoms with E-state index >= 15 is 0 Å². The fourth-order valence-electron chi connectivity index (χ4n) is 1.22. The summed E-state index contributed by atoms with van der Waals surface area (Å²) >= 11 is 6.91. The highest BCUT2D eigenvalue weighted by Crippen LogP contribution is 2.24. The number of fused-ring (bicyclic) bond motifs is 1. The van der Waals surface area contributed by atoms with E-state index in [9.17, 15) is 0 Å². The molecule has 0 fully saturated rings. The molecule has 1 aromatic carbocycles. The summed E-state index contributed by atoms with van der Waals surface area (Å²) in [6.07, 6.45) is 1.96. The number of halogens is 2. The number of hydrogen-bond donors (Lipinski definition) is 1. The van der Waals surface area contributed by atoms with Crippen molar-refractivity contribution in [1.29, 1.82) is 0 Å². The Morgan fingerprint density at radius 2 is 2.17 bits per heavy atom. The number of aromatic amines is 1. The Kier molecular flexibility index (Phi) is 2.24. The maximum Gasteiger partial charge on any atom is 0.0465 e. The van der Waals surface area contributed by atoms with Gasteiger partial charge in [-0.05, 0) is 33.6 Å². The molecule has 0 radical (unpaired) electrons. The SMILES string of the molecule is BrCc1ccc2[nH]cc(Br)c2c1. The summed E-state index contributed by atoms with van der Waals surface area (Å²) in [6, 6.07) is 6.38. The second-order valence-corrected chi connectivity index (χ2v) is 4.07. The van der Waals surface area contributed by atoms with Crippen molar-refractivity contribution in [3.63, 3.8) is 0 Å². The molecule has 0 aliphatic rings. The normalized spacial score (nSPS) is 10.8. The van der Waals surface area contributed by atoms with Crippen LogP contribution in [0.15, 0.2) is 28.9 Å². The Labute approximate surface area is 87.4 Å². The van der Waals surface area contributed by atoms with Crippen molar-refractivity contribution in [2.75, 3.05) is 0 Å². The molecular formula is C9H7Br2N. The summed E-state index contributed by atoms with van der Waals surface area (Å²) in [7, 11) is 0. The van der Waals surface area contributed by atoms with Crippen LogP contribution in [-0.4, -0.2) is 4.98 Å². The number of aromatic nitrogens is 1. The van der Waals surface area contributed by atoms with Crippen LogP contribution in [0.3, 0.4) is 0 Å². The lowest BCUT2D eigenvalue weighted by molar-refractivity contribution is 1.44. The third kappa shape index (κ3) is 1.31. The number of H-pyrrole nitrogens is 1. The van der Waals surface area contributed by atoms with Crippen LogP contribution in [0.5, 0.6) is 0 Å². The Hall–Kier alpha value is -0.280. The van der Waals surface area contributed by atoms with Crippen molar-refractivity contribution in [1.82, 2.24) is 4.98 Å². The maximum absolute atomic E-state index is 3.48. The van der Waals surface area contributed by atoms with Crippen molar-refractivity contribution in [2.45, 2.75) is 5.33 Å². The van der Waals surface area contributed by atoms with Gasteiger partial charge in [-0.15, -0.1) is 0 Å². The molecule has 62 valence electrons. The van der Waals surface area contributed by atoms with Gasteiger partial charge in [0.05, 0.1) is 0 Å². The summed E-state index contributed by atoms with van der Waals surface area (Å²) in [6.45, 7) is 0. The largest absolute Gasteiger partial charge is 0.360 e. The zero-order chi connectivity index (χ0) is 8.55. The lowest BCUT2D eigenvalue weighted by atomic mass is 10.2. The highest BCUT2D eigenvalue weighted by atomic mass is 79.9. The molecule has 0 saturated carbocycles. The predicted molar refractivity (Wildman–Crippen MR) is 58.6 cm³/mol. The Morgan fingerprint density at radius 1 is 1.33 bits per heavy atom. The van der Waals surface area contributed by atoms with E-state index in [-0.39, 0.29) is 0 Å². The van der Waals surface area contributed by atoms with Gasteiger partial charge in [0, 0.05) is 26.9 Å². The number of rotatable bonds is 1. The Bertz CT molecular complexity index is 406. The lowest BCUT2D eigenvalue weighted by Crippen LogP contribution is -1.75. The summed E-state index contributed by atoms with van der Waals surface area (Å²) in [5, 5.41) is 2.15. The zero-order valence-electron chi connectivity index (χ0n) is 6.27. The van der Waals surface area contributed by atoms with Gasteiger partial charge in [-0.25, -0.2) is 0 Å². The summed E-state index contributed by atoms with van der Waals surface area (Å²) in [4.78, 5) is 3.18. The van der Waals surface area contributed by atoms with Crippen molar-refractivity contribution < 1.29 is 0 Å². The molecular weight excluding hydrogens is 282 g/mol. The molecule has 0 saturated heterocycles. The molecule has 0 aliphatic heterocycles. The van der Waals surface area contributed by atoms with E-state index in [4.69, 9.17) is 0 Å². The molecule has 1 N–H and O–H groups in total. The monoisotopic (exact) mass is 287 g/mol. The number of hydrogen-bond acceptors (Lipinski definition) is 0. The topological polar surface area (TPSA) is 15.8 Å². The molecule has 12 heavy (non-hydrogen) atoms. The van der Waals surface area contributed by atoms with E-state index in [1.165, 1.54) is 16.5 Å². The number of alkyl halides is 1. The minimum atomic E-state index is 0.903. The first-order valence-corrected chi connectivity index (χ1v) is 5.54. The van der Waals surface area contributed by atoms with Crippen molar-refractivity contribution >= 4 is 42.8 Å². The summed E-state index contributed by atoms with van der Waals surface area (Å²) in [5.41, 5.74) is 2.47. The summed E-state index contributed by atoms with van der Waals surface area (Å²) < 4.78 is 1.13. The average Bonchev–Trinajstić information content (AvgIpc) is 2.47. The standard InChI is InChI=1S/C9H7Br2N/c10-4-6-1-2-9-7(3-6)8(11)5-12-9/h1-3,5,12H,4H2. The van der Waals surface area contributed by atoms with Crippen LogP contribution in [0.2, 0.25) is 0 Å². The third-order valence-corrected chi connectivity index (χ3v) is 3.15. The van der Waals surface area contributed by atoms with Gasteiger partial charge in [0.1, 0.15) is 0 Å². The molecule has 0 amide bonds. The van der Waals surface area contributed by atoms with Crippen LogP contribution in [0.4, 0.5) is 0 Å². The smallest absolute Gasteiger partial charge is 0.0465 e. The van der Waals surface area contributed by atoms with Gasteiger partial charge in [-0.2, -0.15) is 0 Å². The minimum Gasteiger partial charge on any atom is -0.360 e.